The number of piperidine rings is 1. The van der Waals surface area contributed by atoms with Crippen LogP contribution >= 0.6 is 0 Å². The maximum atomic E-state index is 11.0. The third kappa shape index (κ3) is 2.59. The zero-order valence-corrected chi connectivity index (χ0v) is 11.6. The van der Waals surface area contributed by atoms with Gasteiger partial charge in [0.05, 0.1) is 5.39 Å². The number of aromatic amines is 1. The molecule has 3 rings (SSSR count). The highest BCUT2D eigenvalue weighted by atomic mass is 16.1. The second kappa shape index (κ2) is 5.48. The molecule has 2 aromatic heterocycles. The molecule has 1 amide bonds. The Hall–Kier alpha value is -2.11. The SMILES string of the molecule is CC(=O)NCC1CCCN(c2ncnc3[nH]ccc23)C1. The standard InChI is InChI=1S/C14H19N5O/c1-10(20)16-7-11-3-2-6-19(8-11)14-12-4-5-15-13(12)17-9-18-14/h4-5,9,11H,2-3,6-8H2,1H3,(H,16,20)(H,15,17,18). The Labute approximate surface area is 117 Å². The quantitative estimate of drug-likeness (QED) is 0.884. The summed E-state index contributed by atoms with van der Waals surface area (Å²) in [6, 6.07) is 2.02. The molecule has 2 N–H and O–H groups in total. The van der Waals surface area contributed by atoms with Gasteiger partial charge in [0.15, 0.2) is 0 Å². The number of nitrogens with one attached hydrogen (secondary N) is 2. The fourth-order valence-corrected chi connectivity index (χ4v) is 2.82. The highest BCUT2D eigenvalue weighted by Gasteiger charge is 2.22. The van der Waals surface area contributed by atoms with Crippen molar-refractivity contribution in [3.63, 3.8) is 0 Å². The van der Waals surface area contributed by atoms with Gasteiger partial charge < -0.3 is 15.2 Å². The second-order valence-electron chi connectivity index (χ2n) is 5.33. The first-order chi connectivity index (χ1) is 9.74. The van der Waals surface area contributed by atoms with Crippen molar-refractivity contribution in [1.29, 1.82) is 0 Å². The molecule has 0 aliphatic carbocycles. The molecule has 3 heterocycles. The summed E-state index contributed by atoms with van der Waals surface area (Å²) in [5, 5.41) is 3.98. The number of carbonyl (C=O) groups is 1. The van der Waals surface area contributed by atoms with Crippen molar-refractivity contribution in [2.24, 2.45) is 5.92 Å². The van der Waals surface area contributed by atoms with Gasteiger partial charge in [-0.3, -0.25) is 4.79 Å². The summed E-state index contributed by atoms with van der Waals surface area (Å²) in [6.45, 7) is 4.24. The van der Waals surface area contributed by atoms with E-state index in [2.05, 4.69) is 25.2 Å². The molecule has 0 bridgehead atoms. The van der Waals surface area contributed by atoms with E-state index in [9.17, 15) is 4.79 Å². The summed E-state index contributed by atoms with van der Waals surface area (Å²) >= 11 is 0. The average Bonchev–Trinajstić information content (AvgIpc) is 2.93. The van der Waals surface area contributed by atoms with Crippen LogP contribution in [-0.4, -0.2) is 40.5 Å². The van der Waals surface area contributed by atoms with Gasteiger partial charge in [0.1, 0.15) is 17.8 Å². The Morgan fingerprint density at radius 1 is 1.55 bits per heavy atom. The van der Waals surface area contributed by atoms with Gasteiger partial charge in [-0.15, -0.1) is 0 Å². The molecule has 1 unspecified atom stereocenters. The lowest BCUT2D eigenvalue weighted by atomic mass is 9.98. The first-order valence-electron chi connectivity index (χ1n) is 7.01. The molecule has 2 aromatic rings. The monoisotopic (exact) mass is 273 g/mol. The van der Waals surface area contributed by atoms with Crippen molar-refractivity contribution >= 4 is 22.8 Å². The van der Waals surface area contributed by atoms with E-state index in [1.165, 1.54) is 0 Å². The van der Waals surface area contributed by atoms with Crippen molar-refractivity contribution < 1.29 is 4.79 Å². The van der Waals surface area contributed by atoms with Gasteiger partial charge in [-0.1, -0.05) is 0 Å². The largest absolute Gasteiger partial charge is 0.356 e. The van der Waals surface area contributed by atoms with Crippen LogP contribution in [0.15, 0.2) is 18.6 Å². The van der Waals surface area contributed by atoms with Crippen LogP contribution in [-0.2, 0) is 4.79 Å². The van der Waals surface area contributed by atoms with Crippen LogP contribution in [0.25, 0.3) is 11.0 Å². The van der Waals surface area contributed by atoms with Crippen molar-refractivity contribution in [3.05, 3.63) is 18.6 Å². The number of H-pyrrole nitrogens is 1. The minimum absolute atomic E-state index is 0.0391. The maximum absolute atomic E-state index is 11.0. The second-order valence-corrected chi connectivity index (χ2v) is 5.33. The van der Waals surface area contributed by atoms with E-state index in [1.54, 1.807) is 13.3 Å². The van der Waals surface area contributed by atoms with E-state index < -0.39 is 0 Å². The molecule has 1 aliphatic rings. The van der Waals surface area contributed by atoms with E-state index in [-0.39, 0.29) is 5.91 Å². The Kier molecular flexibility index (Phi) is 3.54. The Morgan fingerprint density at radius 2 is 2.45 bits per heavy atom. The van der Waals surface area contributed by atoms with Gasteiger partial charge in [0.25, 0.3) is 0 Å². The summed E-state index contributed by atoms with van der Waals surface area (Å²) in [7, 11) is 0. The number of rotatable bonds is 3. The first kappa shape index (κ1) is 12.9. The van der Waals surface area contributed by atoms with Gasteiger partial charge in [0.2, 0.25) is 5.91 Å². The highest BCUT2D eigenvalue weighted by molar-refractivity contribution is 5.87. The minimum atomic E-state index is 0.0391. The zero-order chi connectivity index (χ0) is 13.9. The van der Waals surface area contributed by atoms with Crippen LogP contribution in [0.2, 0.25) is 0 Å². The molecule has 106 valence electrons. The van der Waals surface area contributed by atoms with Gasteiger partial charge in [-0.05, 0) is 24.8 Å². The Morgan fingerprint density at radius 3 is 3.30 bits per heavy atom. The van der Waals surface area contributed by atoms with Crippen LogP contribution in [0.1, 0.15) is 19.8 Å². The number of anilines is 1. The summed E-state index contributed by atoms with van der Waals surface area (Å²) in [5.74, 6) is 1.51. The molecule has 1 atom stereocenters. The number of hydrogen-bond acceptors (Lipinski definition) is 4. The van der Waals surface area contributed by atoms with Crippen LogP contribution in [0.5, 0.6) is 0 Å². The van der Waals surface area contributed by atoms with Crippen molar-refractivity contribution in [1.82, 2.24) is 20.3 Å². The third-order valence-electron chi connectivity index (χ3n) is 3.79. The molecular weight excluding hydrogens is 254 g/mol. The van der Waals surface area contributed by atoms with Crippen LogP contribution in [0, 0.1) is 5.92 Å². The number of hydrogen-bond donors (Lipinski definition) is 2. The Balaban J connectivity index is 1.76. The highest BCUT2D eigenvalue weighted by Crippen LogP contribution is 2.26. The van der Waals surface area contributed by atoms with Crippen molar-refractivity contribution in [3.8, 4) is 0 Å². The van der Waals surface area contributed by atoms with Gasteiger partial charge in [0, 0.05) is 32.8 Å². The van der Waals surface area contributed by atoms with E-state index >= 15 is 0 Å². The smallest absolute Gasteiger partial charge is 0.216 e. The summed E-state index contributed by atoms with van der Waals surface area (Å²) in [5.41, 5.74) is 0.874. The van der Waals surface area contributed by atoms with Crippen LogP contribution in [0.3, 0.4) is 0 Å². The molecule has 20 heavy (non-hydrogen) atoms. The Bertz CT molecular complexity index is 608. The van der Waals surface area contributed by atoms with Crippen LogP contribution < -0.4 is 10.2 Å². The summed E-state index contributed by atoms with van der Waals surface area (Å²) in [4.78, 5) is 25.1. The fourth-order valence-electron chi connectivity index (χ4n) is 2.82. The van der Waals surface area contributed by atoms with E-state index in [4.69, 9.17) is 0 Å². The molecule has 1 saturated heterocycles. The number of nitrogens with zero attached hydrogens (tertiary/aromatic N) is 3. The summed E-state index contributed by atoms with van der Waals surface area (Å²) in [6.07, 6.45) is 5.77. The zero-order valence-electron chi connectivity index (χ0n) is 11.6. The van der Waals surface area contributed by atoms with E-state index in [0.717, 1.165) is 49.3 Å². The number of amides is 1. The molecule has 1 aliphatic heterocycles. The molecule has 6 heteroatoms. The topological polar surface area (TPSA) is 73.9 Å². The normalized spacial score (nSPS) is 19.2. The number of carbonyl (C=O) groups excluding carboxylic acids is 1. The van der Waals surface area contributed by atoms with Gasteiger partial charge >= 0.3 is 0 Å². The minimum Gasteiger partial charge on any atom is -0.356 e. The molecular formula is C14H19N5O. The van der Waals surface area contributed by atoms with Gasteiger partial charge in [-0.2, -0.15) is 0 Å². The predicted octanol–water partition coefficient (Wildman–Crippen LogP) is 1.31. The first-order valence-corrected chi connectivity index (χ1v) is 7.01. The number of fused-ring (bicyclic) bond motifs is 1. The molecule has 6 nitrogen and oxygen atoms in total. The molecule has 0 aromatic carbocycles. The average molecular weight is 273 g/mol. The number of aromatic nitrogens is 3. The third-order valence-corrected chi connectivity index (χ3v) is 3.79. The van der Waals surface area contributed by atoms with E-state index in [1.807, 2.05) is 12.3 Å². The van der Waals surface area contributed by atoms with E-state index in [0.29, 0.717) is 5.92 Å². The predicted molar refractivity (Wildman–Crippen MR) is 77.5 cm³/mol. The van der Waals surface area contributed by atoms with Crippen LogP contribution in [0.4, 0.5) is 5.82 Å². The molecule has 0 radical (unpaired) electrons. The lowest BCUT2D eigenvalue weighted by Gasteiger charge is -2.33. The maximum Gasteiger partial charge on any atom is 0.216 e. The van der Waals surface area contributed by atoms with Crippen molar-refractivity contribution in [2.75, 3.05) is 24.5 Å². The lowest BCUT2D eigenvalue weighted by Crippen LogP contribution is -2.41. The lowest BCUT2D eigenvalue weighted by molar-refractivity contribution is -0.119. The molecule has 0 saturated carbocycles. The van der Waals surface area contributed by atoms with Crippen molar-refractivity contribution in [2.45, 2.75) is 19.8 Å². The van der Waals surface area contributed by atoms with Gasteiger partial charge in [-0.25, -0.2) is 9.97 Å². The fraction of sp³-hybridized carbons (Fsp3) is 0.500. The molecule has 1 fully saturated rings. The summed E-state index contributed by atoms with van der Waals surface area (Å²) < 4.78 is 0. The molecule has 0 spiro atoms.